The van der Waals surface area contributed by atoms with Crippen molar-refractivity contribution in [2.24, 2.45) is 58.2 Å². The van der Waals surface area contributed by atoms with Crippen LogP contribution >= 0.6 is 0 Å². The van der Waals surface area contributed by atoms with Gasteiger partial charge in [-0.3, -0.25) is 14.4 Å². The number of hydrogen-bond acceptors (Lipinski definition) is 6. The van der Waals surface area contributed by atoms with Crippen molar-refractivity contribution in [3.8, 4) is 0 Å². The van der Waals surface area contributed by atoms with E-state index in [2.05, 4.69) is 41.5 Å². The van der Waals surface area contributed by atoms with E-state index in [4.69, 9.17) is 14.2 Å². The Morgan fingerprint density at radius 1 is 0.917 bits per heavy atom. The van der Waals surface area contributed by atoms with Crippen molar-refractivity contribution in [1.82, 2.24) is 0 Å². The number of Topliss-reactive ketones (excluding diaryl/α,β-unsaturated/α-hetero) is 1. The van der Waals surface area contributed by atoms with Crippen LogP contribution in [0.3, 0.4) is 0 Å². The van der Waals surface area contributed by atoms with Crippen LogP contribution in [0.25, 0.3) is 0 Å². The molecule has 6 saturated carbocycles. The first-order chi connectivity index (χ1) is 16.8. The number of ether oxygens (including phenoxy) is 3. The quantitative estimate of drug-likeness (QED) is 0.335. The normalized spacial score (nSPS) is 39.9. The lowest BCUT2D eigenvalue weighted by atomic mass is 9.54. The van der Waals surface area contributed by atoms with E-state index in [9.17, 15) is 14.4 Å². The molecule has 0 aromatic rings. The Bertz CT molecular complexity index is 881. The zero-order chi connectivity index (χ0) is 26.0. The summed E-state index contributed by atoms with van der Waals surface area (Å²) in [7, 11) is 0. The summed E-state index contributed by atoms with van der Waals surface area (Å²) in [6.07, 6.45) is 7.12. The van der Waals surface area contributed by atoms with Gasteiger partial charge >= 0.3 is 11.9 Å². The van der Waals surface area contributed by atoms with Gasteiger partial charge in [0.15, 0.2) is 6.79 Å². The monoisotopic (exact) mass is 502 g/mol. The zero-order valence-corrected chi connectivity index (χ0v) is 23.1. The molecule has 0 heterocycles. The molecule has 6 bridgehead atoms. The van der Waals surface area contributed by atoms with E-state index in [1.807, 2.05) is 0 Å². The van der Waals surface area contributed by atoms with Crippen LogP contribution in [0, 0.1) is 58.2 Å². The second-order valence-electron chi connectivity index (χ2n) is 15.0. The number of esters is 2. The molecule has 202 valence electrons. The molecule has 10 atom stereocenters. The molecule has 9 unspecified atom stereocenters. The topological polar surface area (TPSA) is 78.9 Å². The summed E-state index contributed by atoms with van der Waals surface area (Å²) in [4.78, 5) is 39.0. The molecule has 0 spiro atoms. The highest BCUT2D eigenvalue weighted by atomic mass is 16.7. The smallest absolute Gasteiger partial charge is 0.311 e. The number of ketones is 1. The van der Waals surface area contributed by atoms with Crippen molar-refractivity contribution in [3.05, 3.63) is 0 Å². The molecule has 36 heavy (non-hydrogen) atoms. The van der Waals surface area contributed by atoms with Crippen LogP contribution in [0.15, 0.2) is 0 Å². The molecule has 6 rings (SSSR count). The highest BCUT2D eigenvalue weighted by Gasteiger charge is 2.55. The van der Waals surface area contributed by atoms with Gasteiger partial charge in [0.25, 0.3) is 0 Å². The van der Waals surface area contributed by atoms with E-state index >= 15 is 0 Å². The third-order valence-electron chi connectivity index (χ3n) is 9.99. The second-order valence-corrected chi connectivity index (χ2v) is 15.0. The van der Waals surface area contributed by atoms with Gasteiger partial charge in [0, 0.05) is 17.8 Å². The third-order valence-corrected chi connectivity index (χ3v) is 9.99. The predicted octanol–water partition coefficient (Wildman–Crippen LogP) is 5.56. The summed E-state index contributed by atoms with van der Waals surface area (Å²) in [5, 5.41) is 0. The summed E-state index contributed by atoms with van der Waals surface area (Å²) in [6.45, 7) is 12.7. The van der Waals surface area contributed by atoms with Crippen molar-refractivity contribution in [1.29, 1.82) is 0 Å². The molecule has 0 N–H and O–H groups in total. The fourth-order valence-electron chi connectivity index (χ4n) is 8.39. The van der Waals surface area contributed by atoms with Crippen LogP contribution in [0.4, 0.5) is 0 Å². The van der Waals surface area contributed by atoms with E-state index < -0.39 is 0 Å². The van der Waals surface area contributed by atoms with E-state index in [0.29, 0.717) is 23.5 Å². The Morgan fingerprint density at radius 3 is 2.31 bits per heavy atom. The minimum Gasteiger partial charge on any atom is -0.462 e. The first-order valence-corrected chi connectivity index (χ1v) is 14.3. The summed E-state index contributed by atoms with van der Waals surface area (Å²) in [6, 6.07) is 0. The first kappa shape index (κ1) is 26.2. The minimum atomic E-state index is -0.236. The van der Waals surface area contributed by atoms with Gasteiger partial charge in [-0.25, -0.2) is 0 Å². The van der Waals surface area contributed by atoms with Gasteiger partial charge in [0.1, 0.15) is 11.9 Å². The van der Waals surface area contributed by atoms with Crippen LogP contribution in [0.5, 0.6) is 0 Å². The number of carbonyl (C=O) groups excluding carboxylic acids is 3. The van der Waals surface area contributed by atoms with E-state index in [1.54, 1.807) is 0 Å². The largest absolute Gasteiger partial charge is 0.462 e. The maximum Gasteiger partial charge on any atom is 0.311 e. The van der Waals surface area contributed by atoms with E-state index in [-0.39, 0.29) is 71.4 Å². The van der Waals surface area contributed by atoms with Crippen molar-refractivity contribution in [3.63, 3.8) is 0 Å². The lowest BCUT2D eigenvalue weighted by Crippen LogP contribution is -2.55. The minimum absolute atomic E-state index is 0.00454. The Hall–Kier alpha value is -1.43. The fraction of sp³-hybridized carbons (Fsp3) is 0.900. The average molecular weight is 503 g/mol. The lowest BCUT2D eigenvalue weighted by Gasteiger charge is -2.52. The predicted molar refractivity (Wildman–Crippen MR) is 134 cm³/mol. The molecule has 6 fully saturated rings. The average Bonchev–Trinajstić information content (AvgIpc) is 3.36. The highest BCUT2D eigenvalue weighted by Crippen LogP contribution is 2.53. The highest BCUT2D eigenvalue weighted by molar-refractivity contribution is 5.86. The standard InChI is InChI=1S/C30H46O6/c1-29(2,3)14-23(30(4,5)6)28(33)36-24-12-17-9-20(24)21(10-17)27(32)35-15-34-26-19-8-16-7-18(13-19)25(31)22(26)11-16/h16-24,26H,7-15H2,1-6H3/t16?,17?,18?,19-,20?,21?,22?,23?,24?,26?/m1/s1. The van der Waals surface area contributed by atoms with Gasteiger partial charge in [-0.2, -0.15) is 0 Å². The summed E-state index contributed by atoms with van der Waals surface area (Å²) in [5.41, 5.74) is -0.156. The molecule has 0 aromatic carbocycles. The van der Waals surface area contributed by atoms with E-state index in [0.717, 1.165) is 51.4 Å². The molecule has 6 aliphatic carbocycles. The molecule has 0 aliphatic heterocycles. The zero-order valence-electron chi connectivity index (χ0n) is 23.1. The van der Waals surface area contributed by atoms with Crippen LogP contribution in [0.2, 0.25) is 0 Å². The molecular weight excluding hydrogens is 456 g/mol. The summed E-state index contributed by atoms with van der Waals surface area (Å²) in [5.74, 6) is 1.37. The molecule has 6 heteroatoms. The Morgan fingerprint density at radius 2 is 1.64 bits per heavy atom. The summed E-state index contributed by atoms with van der Waals surface area (Å²) >= 11 is 0. The molecule has 6 nitrogen and oxygen atoms in total. The van der Waals surface area contributed by atoms with Crippen LogP contribution in [-0.4, -0.2) is 36.7 Å². The van der Waals surface area contributed by atoms with Crippen molar-refractivity contribution in [2.75, 3.05) is 6.79 Å². The van der Waals surface area contributed by atoms with E-state index in [1.165, 1.54) is 0 Å². The maximum atomic E-state index is 13.3. The molecule has 0 aromatic heterocycles. The number of hydrogen-bond donors (Lipinski definition) is 0. The third kappa shape index (κ3) is 5.13. The second kappa shape index (κ2) is 9.39. The Kier molecular flexibility index (Phi) is 6.83. The van der Waals surface area contributed by atoms with Gasteiger partial charge in [-0.15, -0.1) is 0 Å². The van der Waals surface area contributed by atoms with Gasteiger partial charge < -0.3 is 14.2 Å². The van der Waals surface area contributed by atoms with Gasteiger partial charge in [0.05, 0.1) is 17.9 Å². The summed E-state index contributed by atoms with van der Waals surface area (Å²) < 4.78 is 17.8. The van der Waals surface area contributed by atoms with Crippen LogP contribution in [0.1, 0.15) is 92.9 Å². The van der Waals surface area contributed by atoms with Gasteiger partial charge in [-0.05, 0) is 80.0 Å². The Balaban J connectivity index is 1.14. The Labute approximate surface area is 216 Å². The maximum absolute atomic E-state index is 13.3. The molecule has 0 amide bonds. The van der Waals surface area contributed by atoms with Gasteiger partial charge in [-0.1, -0.05) is 41.5 Å². The molecule has 0 saturated heterocycles. The van der Waals surface area contributed by atoms with Crippen molar-refractivity contribution in [2.45, 2.75) is 105 Å². The molecular formula is C30H46O6. The molecule has 6 aliphatic rings. The fourth-order valence-corrected chi connectivity index (χ4v) is 8.39. The molecule has 0 radical (unpaired) electrons. The SMILES string of the molecule is CC(C)(C)CC(C(=O)OC1CC2CC(C(=O)OCOC3C4CC5CC(C[C@H]3C5)C4=O)C1C2)C(C)(C)C. The van der Waals surface area contributed by atoms with Crippen LogP contribution in [-0.2, 0) is 28.6 Å². The number of carbonyl (C=O) groups is 3. The lowest BCUT2D eigenvalue weighted by molar-refractivity contribution is -0.193. The first-order valence-electron chi connectivity index (χ1n) is 14.3. The van der Waals surface area contributed by atoms with Gasteiger partial charge in [0.2, 0.25) is 0 Å². The number of fused-ring (bicyclic) bond motifs is 2. The van der Waals surface area contributed by atoms with Crippen molar-refractivity contribution < 1.29 is 28.6 Å². The number of rotatable bonds is 7. The van der Waals surface area contributed by atoms with Crippen molar-refractivity contribution >= 4 is 17.7 Å². The van der Waals surface area contributed by atoms with Crippen LogP contribution < -0.4 is 0 Å².